The summed E-state index contributed by atoms with van der Waals surface area (Å²) in [5.74, 6) is 0.0370. The highest BCUT2D eigenvalue weighted by atomic mass is 32.2. The molecule has 0 spiro atoms. The van der Waals surface area contributed by atoms with Crippen LogP contribution in [0.3, 0.4) is 0 Å². The molecule has 1 aliphatic rings. The molecule has 0 bridgehead atoms. The lowest BCUT2D eigenvalue weighted by molar-refractivity contribution is 0.573. The molecular weight excluding hydrogens is 152 g/mol. The average molecular weight is 164 g/mol. The van der Waals surface area contributed by atoms with Crippen LogP contribution in [0.4, 0.5) is 0 Å². The molecule has 0 amide bonds. The summed E-state index contributed by atoms with van der Waals surface area (Å²) in [4.78, 5) is 0. The van der Waals surface area contributed by atoms with Crippen molar-refractivity contribution in [1.29, 1.82) is 0 Å². The minimum atomic E-state index is -2.97. The van der Waals surface area contributed by atoms with Crippen LogP contribution >= 0.6 is 0 Å². The summed E-state index contributed by atoms with van der Waals surface area (Å²) in [6.07, 6.45) is 0. The highest BCUT2D eigenvalue weighted by Crippen LogP contribution is 2.17. The number of sulfone groups is 1. The summed E-state index contributed by atoms with van der Waals surface area (Å²) in [6, 6.07) is -0.759. The van der Waals surface area contributed by atoms with Gasteiger partial charge in [-0.1, -0.05) is 0 Å². The van der Waals surface area contributed by atoms with E-state index in [-0.39, 0.29) is 17.8 Å². The number of nitrogens with two attached hydrogens (primary N) is 2. The maximum absolute atomic E-state index is 11.0. The molecule has 3 atom stereocenters. The fraction of sp³-hybridized carbons (Fsp3) is 1.00. The van der Waals surface area contributed by atoms with Crippen molar-refractivity contribution in [3.63, 3.8) is 0 Å². The van der Waals surface area contributed by atoms with Gasteiger partial charge in [-0.3, -0.25) is 0 Å². The fourth-order valence-electron chi connectivity index (χ4n) is 1.12. The van der Waals surface area contributed by atoms with Crippen LogP contribution in [0.5, 0.6) is 0 Å². The van der Waals surface area contributed by atoms with E-state index in [4.69, 9.17) is 11.5 Å². The molecule has 0 aromatic carbocycles. The topological polar surface area (TPSA) is 86.2 Å². The van der Waals surface area contributed by atoms with E-state index in [9.17, 15) is 8.42 Å². The van der Waals surface area contributed by atoms with E-state index in [1.165, 1.54) is 0 Å². The molecule has 0 aliphatic carbocycles. The summed E-state index contributed by atoms with van der Waals surface area (Å²) in [7, 11) is -2.97. The Balaban J connectivity index is 2.93. The quantitative estimate of drug-likeness (QED) is 0.454. The summed E-state index contributed by atoms with van der Waals surface area (Å²) >= 11 is 0. The third-order valence-corrected chi connectivity index (χ3v) is 4.32. The minimum Gasteiger partial charge on any atom is -0.325 e. The lowest BCUT2D eigenvalue weighted by Gasteiger charge is -2.09. The predicted molar refractivity (Wildman–Crippen MR) is 39.2 cm³/mol. The molecular formula is C5H12N2O2S. The van der Waals surface area contributed by atoms with Gasteiger partial charge >= 0.3 is 0 Å². The molecule has 0 saturated carbocycles. The molecule has 3 unspecified atom stereocenters. The van der Waals surface area contributed by atoms with Crippen LogP contribution in [0.15, 0.2) is 0 Å². The van der Waals surface area contributed by atoms with E-state index in [1.807, 2.05) is 0 Å². The first-order valence-electron chi connectivity index (χ1n) is 3.18. The Morgan fingerprint density at radius 1 is 1.40 bits per heavy atom. The van der Waals surface area contributed by atoms with Crippen molar-refractivity contribution in [2.45, 2.75) is 24.3 Å². The lowest BCUT2D eigenvalue weighted by Crippen LogP contribution is -2.42. The molecule has 10 heavy (non-hydrogen) atoms. The zero-order valence-corrected chi connectivity index (χ0v) is 6.64. The van der Waals surface area contributed by atoms with Crippen LogP contribution < -0.4 is 11.5 Å². The van der Waals surface area contributed by atoms with Gasteiger partial charge in [-0.25, -0.2) is 8.42 Å². The molecule has 1 fully saturated rings. The largest absolute Gasteiger partial charge is 0.325 e. The SMILES string of the molecule is CC1C(N)C(N)CS1(=O)=O. The Labute approximate surface area is 60.5 Å². The van der Waals surface area contributed by atoms with Gasteiger partial charge < -0.3 is 11.5 Å². The predicted octanol–water partition coefficient (Wildman–Crippen LogP) is -1.54. The number of hydrogen-bond acceptors (Lipinski definition) is 4. The van der Waals surface area contributed by atoms with Crippen molar-refractivity contribution in [2.75, 3.05) is 5.75 Å². The van der Waals surface area contributed by atoms with Crippen molar-refractivity contribution >= 4 is 9.84 Å². The molecule has 4 N–H and O–H groups in total. The average Bonchev–Trinajstić information content (AvgIpc) is 1.95. The minimum absolute atomic E-state index is 0.0370. The molecule has 1 saturated heterocycles. The Bertz CT molecular complexity index is 224. The Morgan fingerprint density at radius 2 is 1.90 bits per heavy atom. The zero-order chi connectivity index (χ0) is 7.94. The van der Waals surface area contributed by atoms with E-state index in [1.54, 1.807) is 6.92 Å². The summed E-state index contributed by atoms with van der Waals surface area (Å²) < 4.78 is 22.0. The molecule has 0 aromatic heterocycles. The van der Waals surface area contributed by atoms with Gasteiger partial charge in [-0.2, -0.15) is 0 Å². The van der Waals surface area contributed by atoms with Crippen LogP contribution in [0.2, 0.25) is 0 Å². The zero-order valence-electron chi connectivity index (χ0n) is 5.82. The van der Waals surface area contributed by atoms with Gasteiger partial charge in [0.1, 0.15) is 0 Å². The third kappa shape index (κ3) is 1.04. The van der Waals surface area contributed by atoms with E-state index in [2.05, 4.69) is 0 Å². The number of rotatable bonds is 0. The van der Waals surface area contributed by atoms with Gasteiger partial charge in [0.2, 0.25) is 0 Å². The van der Waals surface area contributed by atoms with Crippen molar-refractivity contribution in [2.24, 2.45) is 11.5 Å². The normalized spacial score (nSPS) is 45.7. The van der Waals surface area contributed by atoms with E-state index in [0.29, 0.717) is 0 Å². The van der Waals surface area contributed by atoms with Gasteiger partial charge in [-0.15, -0.1) is 0 Å². The maximum atomic E-state index is 11.0. The van der Waals surface area contributed by atoms with E-state index in [0.717, 1.165) is 0 Å². The van der Waals surface area contributed by atoms with Crippen LogP contribution in [-0.4, -0.2) is 31.5 Å². The number of hydrogen-bond donors (Lipinski definition) is 2. The van der Waals surface area contributed by atoms with Gasteiger partial charge in [0.05, 0.1) is 11.0 Å². The molecule has 1 rings (SSSR count). The van der Waals surface area contributed by atoms with Crippen LogP contribution in [0.25, 0.3) is 0 Å². The van der Waals surface area contributed by atoms with Gasteiger partial charge in [0.15, 0.2) is 9.84 Å². The molecule has 4 nitrogen and oxygen atoms in total. The first-order valence-corrected chi connectivity index (χ1v) is 4.89. The van der Waals surface area contributed by atoms with Crippen molar-refractivity contribution in [3.05, 3.63) is 0 Å². The Kier molecular flexibility index (Phi) is 1.74. The van der Waals surface area contributed by atoms with Crippen molar-refractivity contribution < 1.29 is 8.42 Å². The second-order valence-electron chi connectivity index (χ2n) is 2.78. The standard InChI is InChI=1S/C5H12N2O2S/c1-3-5(7)4(6)2-10(3,8)9/h3-5H,2,6-7H2,1H3. The molecule has 0 radical (unpaired) electrons. The van der Waals surface area contributed by atoms with Crippen molar-refractivity contribution in [3.8, 4) is 0 Å². The first-order chi connectivity index (χ1) is 4.45. The van der Waals surface area contributed by atoms with E-state index < -0.39 is 15.1 Å². The van der Waals surface area contributed by atoms with Crippen LogP contribution in [0, 0.1) is 0 Å². The molecule has 1 heterocycles. The highest BCUT2D eigenvalue weighted by Gasteiger charge is 2.40. The summed E-state index contributed by atoms with van der Waals surface area (Å²) in [6.45, 7) is 1.60. The molecule has 5 heteroatoms. The highest BCUT2D eigenvalue weighted by molar-refractivity contribution is 7.92. The second kappa shape index (κ2) is 2.18. The van der Waals surface area contributed by atoms with Crippen molar-refractivity contribution in [1.82, 2.24) is 0 Å². The first kappa shape index (κ1) is 7.97. The molecule has 0 aromatic rings. The summed E-state index contributed by atoms with van der Waals surface area (Å²) in [5.41, 5.74) is 10.9. The Hall–Kier alpha value is -0.130. The smallest absolute Gasteiger partial charge is 0.156 e. The van der Waals surface area contributed by atoms with Gasteiger partial charge in [0, 0.05) is 12.1 Å². The van der Waals surface area contributed by atoms with Gasteiger partial charge in [-0.05, 0) is 6.92 Å². The molecule has 60 valence electrons. The second-order valence-corrected chi connectivity index (χ2v) is 5.18. The Morgan fingerprint density at radius 3 is 2.00 bits per heavy atom. The van der Waals surface area contributed by atoms with E-state index >= 15 is 0 Å². The monoisotopic (exact) mass is 164 g/mol. The molecule has 1 aliphatic heterocycles. The third-order valence-electron chi connectivity index (χ3n) is 2.03. The lowest BCUT2D eigenvalue weighted by atomic mass is 10.1. The van der Waals surface area contributed by atoms with Crippen LogP contribution in [0.1, 0.15) is 6.92 Å². The van der Waals surface area contributed by atoms with Crippen LogP contribution in [-0.2, 0) is 9.84 Å². The van der Waals surface area contributed by atoms with Gasteiger partial charge in [0.25, 0.3) is 0 Å². The maximum Gasteiger partial charge on any atom is 0.156 e. The summed E-state index contributed by atoms with van der Waals surface area (Å²) in [5, 5.41) is -0.470. The fourth-order valence-corrected chi connectivity index (χ4v) is 2.86.